The summed E-state index contributed by atoms with van der Waals surface area (Å²) in [5.41, 5.74) is -0.365. The molecule has 0 aliphatic carbocycles. The number of piperazine rings is 1. The first-order valence-electron chi connectivity index (χ1n) is 11.0. The van der Waals surface area contributed by atoms with Crippen LogP contribution >= 0.6 is 0 Å². The number of halogens is 3. The first-order chi connectivity index (χ1) is 15.8. The monoisotopic (exact) mass is 482 g/mol. The predicted octanol–water partition coefficient (Wildman–Crippen LogP) is 3.06. The van der Waals surface area contributed by atoms with Gasteiger partial charge in [0.15, 0.2) is 5.82 Å². The van der Waals surface area contributed by atoms with Crippen molar-refractivity contribution in [2.75, 3.05) is 26.2 Å². The SMILES string of the molecule is Cc1nnn(Cc2cc(C(F)(F)F)ccc2CCC(=O)N2CCN(C(=O)OC(C)(C)C)CC2)n1. The van der Waals surface area contributed by atoms with E-state index in [1.165, 1.54) is 10.9 Å². The molecule has 0 atom stereocenters. The lowest BCUT2D eigenvalue weighted by Crippen LogP contribution is -2.51. The van der Waals surface area contributed by atoms with E-state index in [1.807, 2.05) is 0 Å². The van der Waals surface area contributed by atoms with Gasteiger partial charge in [-0.3, -0.25) is 4.79 Å². The molecule has 1 fully saturated rings. The highest BCUT2D eigenvalue weighted by Gasteiger charge is 2.31. The van der Waals surface area contributed by atoms with E-state index < -0.39 is 23.4 Å². The minimum absolute atomic E-state index is 0.0167. The van der Waals surface area contributed by atoms with Crippen LogP contribution in [0.4, 0.5) is 18.0 Å². The summed E-state index contributed by atoms with van der Waals surface area (Å²) >= 11 is 0. The van der Waals surface area contributed by atoms with Gasteiger partial charge in [-0.15, -0.1) is 10.2 Å². The number of carbonyl (C=O) groups is 2. The fourth-order valence-electron chi connectivity index (χ4n) is 3.60. The number of carbonyl (C=O) groups excluding carboxylic acids is 2. The lowest BCUT2D eigenvalue weighted by atomic mass is 9.99. The topological polar surface area (TPSA) is 93.5 Å². The van der Waals surface area contributed by atoms with E-state index in [4.69, 9.17) is 4.74 Å². The van der Waals surface area contributed by atoms with E-state index in [0.29, 0.717) is 43.1 Å². The largest absolute Gasteiger partial charge is 0.444 e. The van der Waals surface area contributed by atoms with E-state index in [2.05, 4.69) is 15.4 Å². The minimum atomic E-state index is -4.48. The van der Waals surface area contributed by atoms with E-state index in [0.717, 1.165) is 12.1 Å². The average molecular weight is 483 g/mol. The van der Waals surface area contributed by atoms with Gasteiger partial charge >= 0.3 is 12.3 Å². The molecule has 1 aliphatic heterocycles. The van der Waals surface area contributed by atoms with Crippen molar-refractivity contribution in [2.45, 2.75) is 58.9 Å². The number of ether oxygens (including phenoxy) is 1. The Morgan fingerprint density at radius 3 is 2.24 bits per heavy atom. The predicted molar refractivity (Wildman–Crippen MR) is 116 cm³/mol. The molecule has 0 unspecified atom stereocenters. The zero-order valence-electron chi connectivity index (χ0n) is 19.7. The Morgan fingerprint density at radius 2 is 1.68 bits per heavy atom. The van der Waals surface area contributed by atoms with Gasteiger partial charge in [0.25, 0.3) is 0 Å². The molecule has 186 valence electrons. The van der Waals surface area contributed by atoms with Gasteiger partial charge in [0.05, 0.1) is 12.1 Å². The van der Waals surface area contributed by atoms with Crippen LogP contribution in [0.15, 0.2) is 18.2 Å². The summed E-state index contributed by atoms with van der Waals surface area (Å²) in [6.45, 7) is 8.51. The fraction of sp³-hybridized carbons (Fsp3) is 0.591. The average Bonchev–Trinajstić information content (AvgIpc) is 3.15. The number of aromatic nitrogens is 4. The number of rotatable bonds is 5. The van der Waals surface area contributed by atoms with Crippen molar-refractivity contribution < 1.29 is 27.5 Å². The Hall–Kier alpha value is -3.18. The molecule has 2 amide bonds. The molecule has 1 saturated heterocycles. The summed E-state index contributed by atoms with van der Waals surface area (Å²) in [6, 6.07) is 3.48. The molecule has 0 N–H and O–H groups in total. The third kappa shape index (κ3) is 6.91. The van der Waals surface area contributed by atoms with Crippen LogP contribution in [0.2, 0.25) is 0 Å². The second kappa shape index (κ2) is 9.98. The second-order valence-electron chi connectivity index (χ2n) is 9.20. The van der Waals surface area contributed by atoms with Crippen molar-refractivity contribution >= 4 is 12.0 Å². The number of benzene rings is 1. The van der Waals surface area contributed by atoms with Crippen molar-refractivity contribution in [1.29, 1.82) is 0 Å². The summed E-state index contributed by atoms with van der Waals surface area (Å²) < 4.78 is 45.1. The minimum Gasteiger partial charge on any atom is -0.444 e. The lowest BCUT2D eigenvalue weighted by molar-refractivity contribution is -0.137. The van der Waals surface area contributed by atoms with Gasteiger partial charge in [-0.2, -0.15) is 18.0 Å². The van der Waals surface area contributed by atoms with Gasteiger partial charge in [-0.1, -0.05) is 6.07 Å². The van der Waals surface area contributed by atoms with Gasteiger partial charge in [0.1, 0.15) is 5.60 Å². The van der Waals surface area contributed by atoms with E-state index in [-0.39, 0.29) is 25.3 Å². The van der Waals surface area contributed by atoms with Crippen LogP contribution in [0.3, 0.4) is 0 Å². The first-order valence-corrected chi connectivity index (χ1v) is 11.0. The maximum Gasteiger partial charge on any atom is 0.416 e. The summed E-state index contributed by atoms with van der Waals surface area (Å²) in [5, 5.41) is 11.6. The third-order valence-electron chi connectivity index (χ3n) is 5.29. The summed E-state index contributed by atoms with van der Waals surface area (Å²) in [4.78, 5) is 29.4. The Kier molecular flexibility index (Phi) is 7.47. The molecular weight excluding hydrogens is 453 g/mol. The van der Waals surface area contributed by atoms with Crippen molar-refractivity contribution in [2.24, 2.45) is 0 Å². The van der Waals surface area contributed by atoms with Gasteiger partial charge in [-0.25, -0.2) is 4.79 Å². The van der Waals surface area contributed by atoms with Crippen LogP contribution in [0.1, 0.15) is 49.7 Å². The molecular formula is C22H29F3N6O3. The number of tetrazole rings is 1. The fourth-order valence-corrected chi connectivity index (χ4v) is 3.60. The molecule has 12 heteroatoms. The third-order valence-corrected chi connectivity index (χ3v) is 5.29. The Morgan fingerprint density at radius 1 is 1.03 bits per heavy atom. The van der Waals surface area contributed by atoms with Gasteiger partial charge in [-0.05, 0) is 62.6 Å². The maximum atomic E-state index is 13.2. The molecule has 1 aromatic carbocycles. The summed E-state index contributed by atoms with van der Waals surface area (Å²) in [7, 11) is 0. The molecule has 0 bridgehead atoms. The highest BCUT2D eigenvalue weighted by atomic mass is 19.4. The molecule has 2 heterocycles. The zero-order chi connectivity index (χ0) is 25.1. The number of alkyl halides is 3. The maximum absolute atomic E-state index is 13.2. The van der Waals surface area contributed by atoms with Crippen LogP contribution in [0.25, 0.3) is 0 Å². The second-order valence-corrected chi connectivity index (χ2v) is 9.20. The molecule has 34 heavy (non-hydrogen) atoms. The van der Waals surface area contributed by atoms with Gasteiger partial charge in [0, 0.05) is 32.6 Å². The van der Waals surface area contributed by atoms with Crippen LogP contribution in [-0.4, -0.2) is 73.8 Å². The zero-order valence-corrected chi connectivity index (χ0v) is 19.7. The molecule has 0 spiro atoms. The highest BCUT2D eigenvalue weighted by molar-refractivity contribution is 5.77. The van der Waals surface area contributed by atoms with Crippen LogP contribution in [0.5, 0.6) is 0 Å². The molecule has 0 saturated carbocycles. The molecule has 9 nitrogen and oxygen atoms in total. The smallest absolute Gasteiger partial charge is 0.416 e. The van der Waals surface area contributed by atoms with Gasteiger partial charge < -0.3 is 14.5 Å². The summed E-state index contributed by atoms with van der Waals surface area (Å²) in [5.74, 6) is 0.290. The number of nitrogens with zero attached hydrogens (tertiary/aromatic N) is 6. The standard InChI is InChI=1S/C22H29F3N6O3/c1-15-26-28-31(27-15)14-17-13-18(22(23,24)25)7-5-16(17)6-8-19(32)29-9-11-30(12-10-29)20(33)34-21(2,3)4/h5,7,13H,6,8-12,14H2,1-4H3. The normalized spacial score (nSPS) is 14.9. The highest BCUT2D eigenvalue weighted by Crippen LogP contribution is 2.31. The molecule has 2 aromatic rings. The Balaban J connectivity index is 1.62. The number of aryl methyl sites for hydroxylation is 2. The summed E-state index contributed by atoms with van der Waals surface area (Å²) in [6.07, 6.45) is -4.49. The lowest BCUT2D eigenvalue weighted by Gasteiger charge is -2.35. The van der Waals surface area contributed by atoms with Crippen molar-refractivity contribution in [1.82, 2.24) is 30.0 Å². The molecule has 0 radical (unpaired) electrons. The quantitative estimate of drug-likeness (QED) is 0.650. The van der Waals surface area contributed by atoms with Crippen molar-refractivity contribution in [3.8, 4) is 0 Å². The van der Waals surface area contributed by atoms with Crippen LogP contribution < -0.4 is 0 Å². The molecule has 1 aromatic heterocycles. The van der Waals surface area contributed by atoms with E-state index in [1.54, 1.807) is 37.5 Å². The molecule has 3 rings (SSSR count). The first kappa shape index (κ1) is 25.4. The number of amides is 2. The van der Waals surface area contributed by atoms with Gasteiger partial charge in [0.2, 0.25) is 5.91 Å². The number of hydrogen-bond acceptors (Lipinski definition) is 6. The van der Waals surface area contributed by atoms with Crippen LogP contribution in [-0.2, 0) is 28.7 Å². The van der Waals surface area contributed by atoms with Crippen molar-refractivity contribution in [3.05, 3.63) is 40.7 Å². The van der Waals surface area contributed by atoms with E-state index >= 15 is 0 Å². The number of hydrogen-bond donors (Lipinski definition) is 0. The van der Waals surface area contributed by atoms with Crippen molar-refractivity contribution in [3.63, 3.8) is 0 Å². The molecule has 1 aliphatic rings. The Bertz CT molecular complexity index is 1020. The van der Waals surface area contributed by atoms with E-state index in [9.17, 15) is 22.8 Å². The van der Waals surface area contributed by atoms with Crippen LogP contribution in [0, 0.1) is 6.92 Å². The Labute approximate surface area is 195 Å².